The van der Waals surface area contributed by atoms with Gasteiger partial charge in [-0.05, 0) is 42.2 Å². The summed E-state index contributed by atoms with van der Waals surface area (Å²) in [6.07, 6.45) is 2.39. The van der Waals surface area contributed by atoms with Crippen LogP contribution >= 0.6 is 0 Å². The number of rotatable bonds is 9. The van der Waals surface area contributed by atoms with Crippen molar-refractivity contribution in [2.24, 2.45) is 16.9 Å². The number of benzene rings is 2. The van der Waals surface area contributed by atoms with E-state index in [2.05, 4.69) is 15.7 Å². The summed E-state index contributed by atoms with van der Waals surface area (Å²) in [4.78, 5) is 23.6. The van der Waals surface area contributed by atoms with Gasteiger partial charge in [0.1, 0.15) is 6.34 Å². The molecule has 0 saturated carbocycles. The highest BCUT2D eigenvalue weighted by atomic mass is 16.4. The molecule has 1 amide bonds. The number of nitrogens with zero attached hydrogens (tertiary/aromatic N) is 1. The van der Waals surface area contributed by atoms with Crippen molar-refractivity contribution < 1.29 is 14.7 Å². The molecular formula is C20H24N4O3. The third-order valence-electron chi connectivity index (χ3n) is 4.20. The summed E-state index contributed by atoms with van der Waals surface area (Å²) in [5.41, 5.74) is 3.09. The van der Waals surface area contributed by atoms with Gasteiger partial charge in [0.25, 0.3) is 5.91 Å². The van der Waals surface area contributed by atoms with Gasteiger partial charge in [-0.3, -0.25) is 9.59 Å². The molecule has 2 aromatic carbocycles. The Kier molecular flexibility index (Phi) is 7.37. The van der Waals surface area contributed by atoms with Crippen molar-refractivity contribution in [2.75, 3.05) is 5.32 Å². The molecular weight excluding hydrogens is 344 g/mol. The highest BCUT2D eigenvalue weighted by Crippen LogP contribution is 2.15. The van der Waals surface area contributed by atoms with Gasteiger partial charge in [0.15, 0.2) is 0 Å². The van der Waals surface area contributed by atoms with E-state index in [4.69, 9.17) is 5.84 Å². The normalized spacial score (nSPS) is 11.9. The fraction of sp³-hybridized carbons (Fsp3) is 0.250. The molecule has 2 aromatic rings. The molecule has 0 radical (unpaired) electrons. The van der Waals surface area contributed by atoms with Gasteiger partial charge in [-0.1, -0.05) is 37.3 Å². The zero-order valence-electron chi connectivity index (χ0n) is 15.2. The molecule has 0 spiro atoms. The Labute approximate surface area is 158 Å². The van der Waals surface area contributed by atoms with E-state index >= 15 is 0 Å². The maximum absolute atomic E-state index is 12.4. The first kappa shape index (κ1) is 20.0. The second-order valence-electron chi connectivity index (χ2n) is 6.15. The molecule has 0 aliphatic rings. The van der Waals surface area contributed by atoms with Crippen LogP contribution in [0.4, 0.5) is 5.69 Å². The molecule has 27 heavy (non-hydrogen) atoms. The standard InChI is InChI=1S/C20H24N4O3/c1-2-16(20(26)27)10-14-5-3-6-15(9-14)12-22-19(25)17-7-4-8-18(11-17)23-13-24-21/h3-9,11,13,16H,2,10,12,21H2,1H3,(H,22,25)(H,23,24)(H,26,27). The smallest absolute Gasteiger partial charge is 0.306 e. The number of amides is 1. The van der Waals surface area contributed by atoms with Crippen molar-refractivity contribution in [2.45, 2.75) is 26.3 Å². The predicted octanol–water partition coefficient (Wildman–Crippen LogP) is 2.58. The van der Waals surface area contributed by atoms with E-state index < -0.39 is 11.9 Å². The predicted molar refractivity (Wildman–Crippen MR) is 105 cm³/mol. The maximum Gasteiger partial charge on any atom is 0.306 e. The topological polar surface area (TPSA) is 117 Å². The molecule has 142 valence electrons. The minimum atomic E-state index is -0.788. The summed E-state index contributed by atoms with van der Waals surface area (Å²) < 4.78 is 0. The van der Waals surface area contributed by atoms with E-state index in [1.807, 2.05) is 31.2 Å². The van der Waals surface area contributed by atoms with Crippen molar-refractivity contribution in [1.82, 2.24) is 5.32 Å². The lowest BCUT2D eigenvalue weighted by Crippen LogP contribution is -2.23. The Morgan fingerprint density at radius 2 is 1.93 bits per heavy atom. The molecule has 1 unspecified atom stereocenters. The van der Waals surface area contributed by atoms with Crippen LogP contribution in [0.3, 0.4) is 0 Å². The number of nitrogens with one attached hydrogen (secondary N) is 2. The molecule has 0 aromatic heterocycles. The van der Waals surface area contributed by atoms with Gasteiger partial charge in [0, 0.05) is 17.8 Å². The average molecular weight is 368 g/mol. The van der Waals surface area contributed by atoms with Crippen LogP contribution in [0.15, 0.2) is 53.6 Å². The Hall–Kier alpha value is -3.35. The van der Waals surface area contributed by atoms with Crippen LogP contribution in [0, 0.1) is 5.92 Å². The minimum Gasteiger partial charge on any atom is -0.481 e. The van der Waals surface area contributed by atoms with Crippen molar-refractivity contribution in [1.29, 1.82) is 0 Å². The molecule has 0 aliphatic carbocycles. The highest BCUT2D eigenvalue weighted by molar-refractivity contribution is 5.95. The molecule has 1 atom stereocenters. The first-order valence-corrected chi connectivity index (χ1v) is 8.70. The first-order valence-electron chi connectivity index (χ1n) is 8.70. The van der Waals surface area contributed by atoms with Crippen LogP contribution in [0.5, 0.6) is 0 Å². The molecule has 0 fully saturated rings. The number of nitrogens with two attached hydrogens (primary N) is 1. The number of hydrazone groups is 1. The minimum absolute atomic E-state index is 0.203. The Morgan fingerprint density at radius 1 is 1.19 bits per heavy atom. The van der Waals surface area contributed by atoms with Crippen LogP contribution in [-0.4, -0.2) is 23.3 Å². The number of carboxylic acid groups (broad SMARTS) is 1. The van der Waals surface area contributed by atoms with E-state index in [0.29, 0.717) is 30.6 Å². The lowest BCUT2D eigenvalue weighted by Gasteiger charge is -2.11. The molecule has 0 saturated heterocycles. The van der Waals surface area contributed by atoms with E-state index in [0.717, 1.165) is 11.1 Å². The molecule has 0 heterocycles. The van der Waals surface area contributed by atoms with Crippen LogP contribution < -0.4 is 16.5 Å². The van der Waals surface area contributed by atoms with Crippen LogP contribution in [0.1, 0.15) is 34.8 Å². The second-order valence-corrected chi connectivity index (χ2v) is 6.15. The van der Waals surface area contributed by atoms with Crippen LogP contribution in [0.25, 0.3) is 0 Å². The number of carbonyl (C=O) groups is 2. The zero-order chi connectivity index (χ0) is 19.6. The Morgan fingerprint density at radius 3 is 2.63 bits per heavy atom. The van der Waals surface area contributed by atoms with Gasteiger partial charge < -0.3 is 21.6 Å². The maximum atomic E-state index is 12.4. The summed E-state index contributed by atoms with van der Waals surface area (Å²) in [5.74, 6) is 3.66. The third-order valence-corrected chi connectivity index (χ3v) is 4.20. The quantitative estimate of drug-likeness (QED) is 0.235. The van der Waals surface area contributed by atoms with Gasteiger partial charge in [-0.15, -0.1) is 0 Å². The molecule has 0 bridgehead atoms. The van der Waals surface area contributed by atoms with E-state index in [1.54, 1.807) is 24.3 Å². The lowest BCUT2D eigenvalue weighted by molar-refractivity contribution is -0.141. The highest BCUT2D eigenvalue weighted by Gasteiger charge is 2.15. The van der Waals surface area contributed by atoms with Crippen LogP contribution in [0.2, 0.25) is 0 Å². The number of carboxylic acids is 1. The van der Waals surface area contributed by atoms with Gasteiger partial charge in [-0.25, -0.2) is 0 Å². The van der Waals surface area contributed by atoms with Gasteiger partial charge in [-0.2, -0.15) is 5.10 Å². The number of aliphatic carboxylic acids is 1. The summed E-state index contributed by atoms with van der Waals surface area (Å²) in [7, 11) is 0. The molecule has 2 rings (SSSR count). The Balaban J connectivity index is 1.99. The Bertz CT molecular complexity index is 820. The number of anilines is 1. The van der Waals surface area contributed by atoms with E-state index in [1.165, 1.54) is 6.34 Å². The molecule has 0 aliphatic heterocycles. The van der Waals surface area contributed by atoms with Gasteiger partial charge >= 0.3 is 5.97 Å². The zero-order valence-corrected chi connectivity index (χ0v) is 15.2. The van der Waals surface area contributed by atoms with Crippen LogP contribution in [-0.2, 0) is 17.8 Å². The van der Waals surface area contributed by atoms with Crippen molar-refractivity contribution >= 4 is 23.9 Å². The summed E-state index contributed by atoms with van der Waals surface area (Å²) in [6.45, 7) is 2.23. The van der Waals surface area contributed by atoms with Crippen molar-refractivity contribution in [3.63, 3.8) is 0 Å². The summed E-state index contributed by atoms with van der Waals surface area (Å²) in [5, 5.41) is 18.3. The van der Waals surface area contributed by atoms with E-state index in [-0.39, 0.29) is 5.91 Å². The molecule has 7 nitrogen and oxygen atoms in total. The molecule has 7 heteroatoms. The first-order chi connectivity index (χ1) is 13.0. The number of hydrogen-bond donors (Lipinski definition) is 4. The summed E-state index contributed by atoms with van der Waals surface area (Å²) >= 11 is 0. The summed E-state index contributed by atoms with van der Waals surface area (Å²) in [6, 6.07) is 14.6. The number of carbonyl (C=O) groups excluding carboxylic acids is 1. The van der Waals surface area contributed by atoms with Crippen molar-refractivity contribution in [3.05, 3.63) is 65.2 Å². The lowest BCUT2D eigenvalue weighted by atomic mass is 9.96. The monoisotopic (exact) mass is 368 g/mol. The second kappa shape index (κ2) is 9.96. The fourth-order valence-electron chi connectivity index (χ4n) is 2.70. The average Bonchev–Trinajstić information content (AvgIpc) is 2.69. The van der Waals surface area contributed by atoms with Gasteiger partial charge in [0.05, 0.1) is 5.92 Å². The van der Waals surface area contributed by atoms with E-state index in [9.17, 15) is 14.7 Å². The fourth-order valence-corrected chi connectivity index (χ4v) is 2.70. The van der Waals surface area contributed by atoms with Gasteiger partial charge in [0.2, 0.25) is 0 Å². The molecule has 5 N–H and O–H groups in total. The third kappa shape index (κ3) is 6.14. The SMILES string of the molecule is CCC(Cc1cccc(CNC(=O)c2cccc(NC=NN)c2)c1)C(=O)O. The van der Waals surface area contributed by atoms with Crippen molar-refractivity contribution in [3.8, 4) is 0 Å². The number of hydrogen-bond acceptors (Lipinski definition) is 4. The largest absolute Gasteiger partial charge is 0.481 e.